The van der Waals surface area contributed by atoms with Crippen LogP contribution < -0.4 is 4.74 Å². The zero-order valence-electron chi connectivity index (χ0n) is 14.3. The normalized spacial score (nSPS) is 11.2. The minimum absolute atomic E-state index is 0.0224. The van der Waals surface area contributed by atoms with Crippen LogP contribution in [-0.2, 0) is 19.4 Å². The van der Waals surface area contributed by atoms with E-state index in [1.54, 1.807) is 11.8 Å². The molecule has 0 saturated heterocycles. The maximum atomic E-state index is 13.2. The van der Waals surface area contributed by atoms with Gasteiger partial charge in [0, 0.05) is 31.3 Å². The van der Waals surface area contributed by atoms with Crippen LogP contribution in [0.5, 0.6) is 5.75 Å². The quantitative estimate of drug-likeness (QED) is 0.453. The lowest BCUT2D eigenvalue weighted by molar-refractivity contribution is 0.290. The second-order valence-corrected chi connectivity index (χ2v) is 7.16. The molecule has 0 fully saturated rings. The Morgan fingerprint density at radius 2 is 2.11 bits per heavy atom. The molecule has 3 aromatic heterocycles. The summed E-state index contributed by atoms with van der Waals surface area (Å²) in [6.07, 6.45) is 3.97. The number of imidazole rings is 1. The number of nitrogens with zero attached hydrogens (tertiary/aromatic N) is 5. The summed E-state index contributed by atoms with van der Waals surface area (Å²) in [7, 11) is 1.88. The molecule has 27 heavy (non-hydrogen) atoms. The average molecular weight is 404 g/mol. The Hall–Kier alpha value is -2.58. The van der Waals surface area contributed by atoms with E-state index in [4.69, 9.17) is 16.3 Å². The molecule has 0 N–H and O–H groups in total. The summed E-state index contributed by atoms with van der Waals surface area (Å²) in [4.78, 5) is 4.57. The molecule has 4 rings (SSSR count). The van der Waals surface area contributed by atoms with Gasteiger partial charge in [-0.15, -0.1) is 10.2 Å². The Bertz CT molecular complexity index is 1060. The van der Waals surface area contributed by atoms with Crippen molar-refractivity contribution in [2.24, 2.45) is 7.05 Å². The molecule has 6 nitrogen and oxygen atoms in total. The number of pyridine rings is 1. The zero-order valence-corrected chi connectivity index (χ0v) is 15.9. The third-order valence-corrected chi connectivity index (χ3v) is 5.29. The largest absolute Gasteiger partial charge is 0.486 e. The van der Waals surface area contributed by atoms with Crippen molar-refractivity contribution in [2.45, 2.75) is 17.5 Å². The summed E-state index contributed by atoms with van der Waals surface area (Å²) in [6.45, 7) is 0.209. The van der Waals surface area contributed by atoms with Gasteiger partial charge in [-0.2, -0.15) is 0 Å². The van der Waals surface area contributed by atoms with Crippen LogP contribution in [0.2, 0.25) is 5.02 Å². The summed E-state index contributed by atoms with van der Waals surface area (Å²) in [5, 5.41) is 9.15. The highest BCUT2D eigenvalue weighted by atomic mass is 35.5. The molecule has 0 radical (unpaired) electrons. The van der Waals surface area contributed by atoms with Gasteiger partial charge in [0.05, 0.1) is 10.7 Å². The van der Waals surface area contributed by atoms with Gasteiger partial charge in [-0.3, -0.25) is 0 Å². The Kier molecular flexibility index (Phi) is 5.00. The summed E-state index contributed by atoms with van der Waals surface area (Å²) in [5.74, 6) is 1.34. The van der Waals surface area contributed by atoms with Gasteiger partial charge in [-0.25, -0.2) is 9.37 Å². The van der Waals surface area contributed by atoms with E-state index in [9.17, 15) is 4.39 Å². The molecular formula is C18H15ClFN5OS. The van der Waals surface area contributed by atoms with E-state index in [2.05, 4.69) is 15.2 Å². The van der Waals surface area contributed by atoms with Crippen molar-refractivity contribution in [2.75, 3.05) is 0 Å². The average Bonchev–Trinajstić information content (AvgIpc) is 3.24. The Labute approximate surface area is 164 Å². The predicted molar refractivity (Wildman–Crippen MR) is 101 cm³/mol. The van der Waals surface area contributed by atoms with Crippen LogP contribution in [-0.4, -0.2) is 24.1 Å². The highest BCUT2D eigenvalue weighted by Crippen LogP contribution is 2.23. The molecule has 0 aliphatic carbocycles. The molecule has 138 valence electrons. The fourth-order valence-electron chi connectivity index (χ4n) is 2.51. The molecule has 0 aliphatic rings. The monoisotopic (exact) mass is 403 g/mol. The number of ether oxygens (including phenoxy) is 1. The minimum Gasteiger partial charge on any atom is -0.486 e. The number of halogens is 2. The number of fused-ring (bicyclic) bond motifs is 1. The minimum atomic E-state index is -0.478. The van der Waals surface area contributed by atoms with E-state index >= 15 is 0 Å². The Morgan fingerprint density at radius 3 is 2.93 bits per heavy atom. The van der Waals surface area contributed by atoms with Crippen molar-refractivity contribution >= 4 is 29.0 Å². The third kappa shape index (κ3) is 3.91. The molecule has 1 aromatic carbocycles. The molecule has 4 aromatic rings. The van der Waals surface area contributed by atoms with Crippen molar-refractivity contribution < 1.29 is 9.13 Å². The highest BCUT2D eigenvalue weighted by Gasteiger charge is 2.12. The van der Waals surface area contributed by atoms with Gasteiger partial charge in [0.15, 0.2) is 11.0 Å². The van der Waals surface area contributed by atoms with Crippen LogP contribution in [0.4, 0.5) is 4.39 Å². The summed E-state index contributed by atoms with van der Waals surface area (Å²) < 4.78 is 22.7. The summed E-state index contributed by atoms with van der Waals surface area (Å²) in [6, 6.07) is 10.1. The first-order valence-corrected chi connectivity index (χ1v) is 9.48. The van der Waals surface area contributed by atoms with E-state index in [1.165, 1.54) is 18.2 Å². The number of rotatable bonds is 6. The van der Waals surface area contributed by atoms with Crippen molar-refractivity contribution in [1.82, 2.24) is 24.1 Å². The van der Waals surface area contributed by atoms with Crippen LogP contribution in [0.25, 0.3) is 5.65 Å². The summed E-state index contributed by atoms with van der Waals surface area (Å²) >= 11 is 7.31. The smallest absolute Gasteiger partial charge is 0.191 e. The first-order valence-electron chi connectivity index (χ1n) is 8.11. The molecular weight excluding hydrogens is 389 g/mol. The van der Waals surface area contributed by atoms with Gasteiger partial charge in [0.25, 0.3) is 0 Å². The number of hydrogen-bond acceptors (Lipinski definition) is 5. The van der Waals surface area contributed by atoms with Crippen molar-refractivity contribution in [1.29, 1.82) is 0 Å². The van der Waals surface area contributed by atoms with E-state index < -0.39 is 5.82 Å². The first kappa shape index (κ1) is 17.8. The van der Waals surface area contributed by atoms with E-state index in [1.807, 2.05) is 46.6 Å². The fourth-order valence-corrected chi connectivity index (χ4v) is 3.49. The number of aromatic nitrogens is 5. The second-order valence-electron chi connectivity index (χ2n) is 5.81. The lowest BCUT2D eigenvalue weighted by Crippen LogP contribution is -2.04. The maximum Gasteiger partial charge on any atom is 0.191 e. The topological polar surface area (TPSA) is 57.2 Å². The van der Waals surface area contributed by atoms with Gasteiger partial charge < -0.3 is 13.7 Å². The molecule has 0 aliphatic heterocycles. The van der Waals surface area contributed by atoms with Crippen LogP contribution >= 0.6 is 23.4 Å². The third-order valence-electron chi connectivity index (χ3n) is 3.95. The molecule has 0 atom stereocenters. The maximum absolute atomic E-state index is 13.2. The van der Waals surface area contributed by atoms with Gasteiger partial charge in [0.2, 0.25) is 0 Å². The first-order chi connectivity index (χ1) is 13.1. The standard InChI is InChI=1S/C18H15ClFN5OS/c1-24-17(10-26-13-5-6-15(20)14(19)8-13)22-23-18(24)27-11-12-9-25-7-3-2-4-16(25)21-12/h2-9H,10-11H2,1H3. The van der Waals surface area contributed by atoms with Gasteiger partial charge in [0.1, 0.15) is 23.8 Å². The van der Waals surface area contributed by atoms with E-state index in [0.717, 1.165) is 16.5 Å². The molecule has 0 spiro atoms. The van der Waals surface area contributed by atoms with Crippen molar-refractivity contribution in [3.8, 4) is 5.75 Å². The van der Waals surface area contributed by atoms with Gasteiger partial charge >= 0.3 is 0 Å². The molecule has 9 heteroatoms. The van der Waals surface area contributed by atoms with Crippen LogP contribution in [0.1, 0.15) is 11.5 Å². The van der Waals surface area contributed by atoms with Crippen molar-refractivity contribution in [3.05, 3.63) is 71.2 Å². The van der Waals surface area contributed by atoms with E-state index in [-0.39, 0.29) is 11.6 Å². The lowest BCUT2D eigenvalue weighted by atomic mass is 10.3. The molecule has 0 amide bonds. The molecule has 3 heterocycles. The number of benzene rings is 1. The number of thioether (sulfide) groups is 1. The lowest BCUT2D eigenvalue weighted by Gasteiger charge is -2.07. The highest BCUT2D eigenvalue weighted by molar-refractivity contribution is 7.98. The molecule has 0 bridgehead atoms. The van der Waals surface area contributed by atoms with Crippen LogP contribution in [0.3, 0.4) is 0 Å². The van der Waals surface area contributed by atoms with Crippen LogP contribution in [0.15, 0.2) is 53.9 Å². The second kappa shape index (κ2) is 7.58. The van der Waals surface area contributed by atoms with E-state index in [0.29, 0.717) is 17.3 Å². The van der Waals surface area contributed by atoms with Crippen LogP contribution in [0, 0.1) is 5.82 Å². The SMILES string of the molecule is Cn1c(COc2ccc(F)c(Cl)c2)nnc1SCc1cn2ccccc2n1. The Morgan fingerprint density at radius 1 is 1.22 bits per heavy atom. The predicted octanol–water partition coefficient (Wildman–Crippen LogP) is 4.13. The fraction of sp³-hybridized carbons (Fsp3) is 0.167. The molecule has 0 saturated carbocycles. The summed E-state index contributed by atoms with van der Waals surface area (Å²) in [5.41, 5.74) is 1.88. The molecule has 0 unspecified atom stereocenters. The van der Waals surface area contributed by atoms with Crippen molar-refractivity contribution in [3.63, 3.8) is 0 Å². The number of hydrogen-bond donors (Lipinski definition) is 0. The Balaban J connectivity index is 1.40. The van der Waals surface area contributed by atoms with Gasteiger partial charge in [-0.1, -0.05) is 29.4 Å². The zero-order chi connectivity index (χ0) is 18.8. The van der Waals surface area contributed by atoms with Gasteiger partial charge in [-0.05, 0) is 24.3 Å².